The zero-order chi connectivity index (χ0) is 13.1. The van der Waals surface area contributed by atoms with Crippen molar-refractivity contribution in [3.63, 3.8) is 0 Å². The number of rotatable bonds is 3. The molecule has 0 saturated heterocycles. The third-order valence-corrected chi connectivity index (χ3v) is 4.48. The molecule has 2 nitrogen and oxygen atoms in total. The van der Waals surface area contributed by atoms with Crippen molar-refractivity contribution in [1.29, 1.82) is 0 Å². The first-order chi connectivity index (χ1) is 8.59. The van der Waals surface area contributed by atoms with Crippen molar-refractivity contribution in [2.24, 2.45) is 0 Å². The lowest BCUT2D eigenvalue weighted by molar-refractivity contribution is 0.0692. The molecule has 0 amide bonds. The molecule has 0 radical (unpaired) electrons. The van der Waals surface area contributed by atoms with Gasteiger partial charge in [-0.15, -0.1) is 0 Å². The molecule has 0 aliphatic carbocycles. The van der Waals surface area contributed by atoms with Gasteiger partial charge in [-0.05, 0) is 40.2 Å². The van der Waals surface area contributed by atoms with Gasteiger partial charge in [0.05, 0.1) is 10.6 Å². The Morgan fingerprint density at radius 2 is 1.78 bits per heavy atom. The number of carbonyl (C=O) groups is 1. The Labute approximate surface area is 122 Å². The van der Waals surface area contributed by atoms with E-state index in [-0.39, 0.29) is 5.56 Å². The second-order valence-corrected chi connectivity index (χ2v) is 5.80. The minimum atomic E-state index is -0.961. The molecule has 2 aromatic carbocycles. The van der Waals surface area contributed by atoms with E-state index >= 15 is 0 Å². The number of carboxylic acids is 1. The summed E-state index contributed by atoms with van der Waals surface area (Å²) >= 11 is 10.7. The van der Waals surface area contributed by atoms with E-state index < -0.39 is 5.97 Å². The number of carboxylic acid groups (broad SMARTS) is 1. The molecule has 0 unspecified atom stereocenters. The van der Waals surface area contributed by atoms with Gasteiger partial charge >= 0.3 is 5.97 Å². The third-order valence-electron chi connectivity index (χ3n) is 2.25. The SMILES string of the molecule is O=C(O)c1c(Br)cccc1Sc1ccccc1Cl. The number of hydrogen-bond acceptors (Lipinski definition) is 2. The first kappa shape index (κ1) is 13.5. The van der Waals surface area contributed by atoms with Gasteiger partial charge in [0.2, 0.25) is 0 Å². The maximum absolute atomic E-state index is 11.2. The summed E-state index contributed by atoms with van der Waals surface area (Å²) in [5.41, 5.74) is 0.252. The lowest BCUT2D eigenvalue weighted by atomic mass is 10.2. The van der Waals surface area contributed by atoms with Gasteiger partial charge in [0, 0.05) is 14.3 Å². The fourth-order valence-electron chi connectivity index (χ4n) is 1.44. The summed E-state index contributed by atoms with van der Waals surface area (Å²) in [6.07, 6.45) is 0. The van der Waals surface area contributed by atoms with E-state index in [1.54, 1.807) is 24.3 Å². The van der Waals surface area contributed by atoms with Crippen LogP contribution < -0.4 is 0 Å². The van der Waals surface area contributed by atoms with Crippen molar-refractivity contribution in [3.05, 3.63) is 57.5 Å². The molecule has 92 valence electrons. The van der Waals surface area contributed by atoms with Crippen LogP contribution >= 0.6 is 39.3 Å². The molecule has 0 atom stereocenters. The van der Waals surface area contributed by atoms with Crippen molar-refractivity contribution >= 4 is 45.3 Å². The van der Waals surface area contributed by atoms with E-state index in [1.165, 1.54) is 11.8 Å². The highest BCUT2D eigenvalue weighted by atomic mass is 79.9. The number of aromatic carboxylic acids is 1. The lowest BCUT2D eigenvalue weighted by Crippen LogP contribution is -2.00. The maximum atomic E-state index is 11.2. The summed E-state index contributed by atoms with van der Waals surface area (Å²) in [5.74, 6) is -0.961. The number of benzene rings is 2. The molecule has 0 saturated carbocycles. The predicted octanol–water partition coefficient (Wildman–Crippen LogP) is 4.95. The molecule has 0 aliphatic heterocycles. The molecule has 0 aromatic heterocycles. The Morgan fingerprint density at radius 3 is 2.44 bits per heavy atom. The van der Waals surface area contributed by atoms with E-state index in [9.17, 15) is 9.90 Å². The Hall–Kier alpha value is -0.970. The second-order valence-electron chi connectivity index (χ2n) is 3.45. The van der Waals surface area contributed by atoms with Crippen LogP contribution in [0.4, 0.5) is 0 Å². The first-order valence-electron chi connectivity index (χ1n) is 5.04. The Morgan fingerprint density at radius 1 is 1.11 bits per heavy atom. The molecule has 5 heteroatoms. The molecule has 0 spiro atoms. The molecule has 1 N–H and O–H groups in total. The van der Waals surface area contributed by atoms with E-state index in [2.05, 4.69) is 15.9 Å². The lowest BCUT2D eigenvalue weighted by Gasteiger charge is -2.08. The normalized spacial score (nSPS) is 10.3. The first-order valence-corrected chi connectivity index (χ1v) is 7.02. The Balaban J connectivity index is 2.44. The molecule has 0 aliphatic rings. The number of hydrogen-bond donors (Lipinski definition) is 1. The molecule has 2 aromatic rings. The molecular formula is C13H8BrClO2S. The van der Waals surface area contributed by atoms with Crippen LogP contribution in [0.25, 0.3) is 0 Å². The minimum absolute atomic E-state index is 0.252. The number of halogens is 2. The van der Waals surface area contributed by atoms with Crippen LogP contribution in [0, 0.1) is 0 Å². The summed E-state index contributed by atoms with van der Waals surface area (Å²) < 4.78 is 0.562. The van der Waals surface area contributed by atoms with E-state index in [0.29, 0.717) is 14.4 Å². The van der Waals surface area contributed by atoms with Gasteiger partial charge in [0.15, 0.2) is 0 Å². The highest BCUT2D eigenvalue weighted by Gasteiger charge is 2.15. The zero-order valence-electron chi connectivity index (χ0n) is 9.06. The molecule has 0 heterocycles. The zero-order valence-corrected chi connectivity index (χ0v) is 12.2. The summed E-state index contributed by atoms with van der Waals surface area (Å²) in [6.45, 7) is 0. The standard InChI is InChI=1S/C13H8BrClO2S/c14-8-4-3-7-11(12(8)13(16)17)18-10-6-2-1-5-9(10)15/h1-7H,(H,16,17). The summed E-state index contributed by atoms with van der Waals surface area (Å²) in [5, 5.41) is 9.83. The van der Waals surface area contributed by atoms with E-state index in [0.717, 1.165) is 4.90 Å². The molecular weight excluding hydrogens is 336 g/mol. The van der Waals surface area contributed by atoms with Crippen LogP contribution in [0.3, 0.4) is 0 Å². The third kappa shape index (κ3) is 2.88. The van der Waals surface area contributed by atoms with Gasteiger partial charge in [-0.2, -0.15) is 0 Å². The van der Waals surface area contributed by atoms with Crippen molar-refractivity contribution in [2.45, 2.75) is 9.79 Å². The topological polar surface area (TPSA) is 37.3 Å². The van der Waals surface area contributed by atoms with E-state index in [1.807, 2.05) is 18.2 Å². The van der Waals surface area contributed by atoms with Crippen LogP contribution in [0.1, 0.15) is 10.4 Å². The van der Waals surface area contributed by atoms with Crippen molar-refractivity contribution in [2.75, 3.05) is 0 Å². The quantitative estimate of drug-likeness (QED) is 0.856. The molecule has 0 fully saturated rings. The van der Waals surface area contributed by atoms with Crippen LogP contribution in [-0.2, 0) is 0 Å². The van der Waals surface area contributed by atoms with Gasteiger partial charge in [-0.1, -0.05) is 41.6 Å². The Bertz CT molecular complexity index is 601. The van der Waals surface area contributed by atoms with Gasteiger partial charge in [0.25, 0.3) is 0 Å². The van der Waals surface area contributed by atoms with Crippen molar-refractivity contribution in [1.82, 2.24) is 0 Å². The minimum Gasteiger partial charge on any atom is -0.478 e. The van der Waals surface area contributed by atoms with Gasteiger partial charge in [0.1, 0.15) is 0 Å². The fourth-order valence-corrected chi connectivity index (χ4v) is 3.36. The molecule has 18 heavy (non-hydrogen) atoms. The summed E-state index contributed by atoms with van der Waals surface area (Å²) in [7, 11) is 0. The average molecular weight is 344 g/mol. The predicted molar refractivity (Wildman–Crippen MR) is 76.7 cm³/mol. The largest absolute Gasteiger partial charge is 0.478 e. The highest BCUT2D eigenvalue weighted by molar-refractivity contribution is 9.10. The van der Waals surface area contributed by atoms with Gasteiger partial charge in [-0.25, -0.2) is 4.79 Å². The fraction of sp³-hybridized carbons (Fsp3) is 0. The summed E-state index contributed by atoms with van der Waals surface area (Å²) in [6, 6.07) is 12.6. The van der Waals surface area contributed by atoms with Gasteiger partial charge < -0.3 is 5.11 Å². The van der Waals surface area contributed by atoms with Crippen LogP contribution in [-0.4, -0.2) is 11.1 Å². The monoisotopic (exact) mass is 342 g/mol. The highest BCUT2D eigenvalue weighted by Crippen LogP contribution is 2.37. The second kappa shape index (κ2) is 5.78. The molecule has 2 rings (SSSR count). The van der Waals surface area contributed by atoms with Crippen LogP contribution in [0.15, 0.2) is 56.7 Å². The van der Waals surface area contributed by atoms with Gasteiger partial charge in [-0.3, -0.25) is 0 Å². The summed E-state index contributed by atoms with van der Waals surface area (Å²) in [4.78, 5) is 12.7. The average Bonchev–Trinajstić information content (AvgIpc) is 2.31. The smallest absolute Gasteiger partial charge is 0.338 e. The maximum Gasteiger partial charge on any atom is 0.338 e. The molecule has 0 bridgehead atoms. The van der Waals surface area contributed by atoms with E-state index in [4.69, 9.17) is 11.6 Å². The van der Waals surface area contributed by atoms with Crippen LogP contribution in [0.5, 0.6) is 0 Å². The van der Waals surface area contributed by atoms with Crippen molar-refractivity contribution < 1.29 is 9.90 Å². The Kier molecular flexibility index (Phi) is 4.32. The van der Waals surface area contributed by atoms with Crippen LogP contribution in [0.2, 0.25) is 5.02 Å². The van der Waals surface area contributed by atoms with Crippen molar-refractivity contribution in [3.8, 4) is 0 Å².